The van der Waals surface area contributed by atoms with Crippen molar-refractivity contribution in [3.05, 3.63) is 89.5 Å². The Labute approximate surface area is 423 Å². The molecule has 15 nitrogen and oxygen atoms in total. The summed E-state index contributed by atoms with van der Waals surface area (Å²) in [4.78, 5) is 43.5. The van der Waals surface area contributed by atoms with Crippen LogP contribution in [-0.4, -0.2) is 150 Å². The number of aliphatic hydroxyl groups is 2. The monoisotopic (exact) mass is 1020 g/mol. The van der Waals surface area contributed by atoms with Crippen LogP contribution in [0.1, 0.15) is 114 Å². The molecular formula is C54H79N7O8S2. The molecule has 0 saturated carbocycles. The number of carbonyl (C=O) groups excluding carboxylic acids is 2. The first kappa shape index (κ1) is 52.8. The Hall–Kier alpha value is -4.52. The number of aliphatic hydroxyl groups excluding tert-OH is 2. The Bertz CT molecular complexity index is 2500. The van der Waals surface area contributed by atoms with Crippen LogP contribution in [-0.2, 0) is 32.4 Å². The molecule has 3 aliphatic rings. The molecule has 0 spiro atoms. The first-order valence-electron chi connectivity index (χ1n) is 25.0. The van der Waals surface area contributed by atoms with Crippen LogP contribution < -0.4 is 4.90 Å². The van der Waals surface area contributed by atoms with Crippen molar-refractivity contribution in [2.75, 3.05) is 80.2 Å². The summed E-state index contributed by atoms with van der Waals surface area (Å²) in [7, 11) is -1.55. The zero-order chi connectivity index (χ0) is 51.2. The summed E-state index contributed by atoms with van der Waals surface area (Å²) in [5, 5.41) is 24.7. The summed E-state index contributed by atoms with van der Waals surface area (Å²) < 4.78 is 28.7. The van der Waals surface area contributed by atoms with Gasteiger partial charge in [0.2, 0.25) is 0 Å². The number of amides is 2. The largest absolute Gasteiger partial charge is 0.444 e. The molecule has 8 rings (SSSR count). The maximum Gasteiger partial charge on any atom is 0.410 e. The van der Waals surface area contributed by atoms with E-state index in [1.807, 2.05) is 108 Å². The smallest absolute Gasteiger partial charge is 0.410 e. The van der Waals surface area contributed by atoms with Crippen molar-refractivity contribution in [2.45, 2.75) is 128 Å². The predicted octanol–water partition coefficient (Wildman–Crippen LogP) is 9.89. The zero-order valence-electron chi connectivity index (χ0n) is 44.1. The third-order valence-corrected chi connectivity index (χ3v) is 16.2. The Kier molecular flexibility index (Phi) is 15.4. The van der Waals surface area contributed by atoms with Crippen LogP contribution in [0.25, 0.3) is 22.1 Å². The fourth-order valence-electron chi connectivity index (χ4n) is 10.1. The topological polar surface area (TPSA) is 157 Å². The van der Waals surface area contributed by atoms with Crippen LogP contribution in [0.2, 0.25) is 0 Å². The van der Waals surface area contributed by atoms with Crippen LogP contribution in [0, 0.1) is 0 Å². The number of benzene rings is 3. The number of aromatic nitrogens is 4. The Morgan fingerprint density at radius 1 is 0.620 bits per heavy atom. The van der Waals surface area contributed by atoms with Gasteiger partial charge in [-0.3, -0.25) is 9.80 Å². The standard InChI is InChI=1S/C54H79N7O8S2/c1-53(2,3)68-51(64)57-26-16-20-43(57)49-55-39-32-36(22-24-41(39)59(49)34-66-28-30-70(7,8)9)45-47(62)48(63)46(61(45)38-18-14-13-15-19-38)37-23-25-42-40(33-37)56-50(60(42)35-67-29-31-71(10,11)12)44-21-17-27-58(44)52(65)69-54(4,5)6/h13-15,18-19,22-25,32-33,43-48,62-63H,16-17,20-21,26-31,34-35H2,1-12H3/t43?,44?,45?,46?,47-,48?/m0/s1. The second kappa shape index (κ2) is 20.8. The molecule has 3 aromatic carbocycles. The highest BCUT2D eigenvalue weighted by molar-refractivity contribution is 8.32. The van der Waals surface area contributed by atoms with Gasteiger partial charge in [0.25, 0.3) is 0 Å². The van der Waals surface area contributed by atoms with E-state index in [4.69, 9.17) is 28.9 Å². The number of likely N-dealkylation sites (tertiary alicyclic amines) is 2. The molecular weight excluding hydrogens is 939 g/mol. The molecule has 5 heterocycles. The third-order valence-electron chi connectivity index (χ3n) is 13.4. The van der Waals surface area contributed by atoms with Crippen LogP contribution in [0.15, 0.2) is 66.7 Å². The number of ether oxygens (including phenoxy) is 4. The van der Waals surface area contributed by atoms with Crippen LogP contribution in [0.5, 0.6) is 0 Å². The number of para-hydroxylation sites is 1. The number of hydrogen-bond acceptors (Lipinski definition) is 11. The fraction of sp³-hybridized carbons (Fsp3) is 0.593. The second-order valence-corrected chi connectivity index (χ2v) is 32.4. The minimum Gasteiger partial charge on any atom is -0.444 e. The minimum absolute atomic E-state index is 0.270. The van der Waals surface area contributed by atoms with Crippen molar-refractivity contribution >= 4 is 60.0 Å². The van der Waals surface area contributed by atoms with Crippen molar-refractivity contribution < 1.29 is 38.7 Å². The molecule has 0 radical (unpaired) electrons. The minimum atomic E-state index is -1.19. The van der Waals surface area contributed by atoms with Crippen molar-refractivity contribution in [1.82, 2.24) is 28.9 Å². The average molecular weight is 1020 g/mol. The Balaban J connectivity index is 1.18. The zero-order valence-corrected chi connectivity index (χ0v) is 45.7. The van der Waals surface area contributed by atoms with E-state index in [-0.39, 0.29) is 37.7 Å². The van der Waals surface area contributed by atoms with Gasteiger partial charge >= 0.3 is 12.2 Å². The van der Waals surface area contributed by atoms with Gasteiger partial charge in [0.05, 0.1) is 59.4 Å². The van der Waals surface area contributed by atoms with E-state index in [1.165, 1.54) is 0 Å². The van der Waals surface area contributed by atoms with Crippen LogP contribution in [0.4, 0.5) is 15.3 Å². The number of nitrogens with zero attached hydrogens (tertiary/aromatic N) is 7. The molecule has 0 bridgehead atoms. The molecule has 3 saturated heterocycles. The van der Waals surface area contributed by atoms with Crippen LogP contribution in [0.3, 0.4) is 0 Å². The summed E-state index contributed by atoms with van der Waals surface area (Å²) in [6, 6.07) is 20.0. The number of anilines is 1. The van der Waals surface area contributed by atoms with Crippen LogP contribution >= 0.6 is 20.1 Å². The van der Waals surface area contributed by atoms with E-state index in [0.717, 1.165) is 76.7 Å². The highest BCUT2D eigenvalue weighted by Crippen LogP contribution is 2.49. The molecule has 0 aliphatic carbocycles. The third kappa shape index (κ3) is 12.1. The van der Waals surface area contributed by atoms with E-state index in [0.29, 0.717) is 37.3 Å². The van der Waals surface area contributed by atoms with E-state index >= 15 is 0 Å². The highest BCUT2D eigenvalue weighted by atomic mass is 32.3. The number of rotatable bonds is 15. The van der Waals surface area contributed by atoms with Gasteiger partial charge in [0.15, 0.2) is 0 Å². The predicted molar refractivity (Wildman–Crippen MR) is 288 cm³/mol. The lowest BCUT2D eigenvalue weighted by Gasteiger charge is -2.33. The lowest BCUT2D eigenvalue weighted by atomic mass is 9.98. The summed E-state index contributed by atoms with van der Waals surface area (Å²) in [6.07, 6.45) is 13.6. The second-order valence-electron chi connectivity index (χ2n) is 23.2. The van der Waals surface area contributed by atoms with Gasteiger partial charge in [-0.15, -0.1) is 0 Å². The Morgan fingerprint density at radius 3 is 1.41 bits per heavy atom. The SMILES string of the molecule is CC(C)(C)OC(=O)N1CCCC1c1nc2cc(C3C(O)[C@@H](O)C(c4ccc5c(c4)nc(C4CCCN4C(=O)OC(C)(C)C)n5COCCS(C)(C)C)N3c3ccccc3)ccc2n1COCCS(C)(C)C. The number of imidazole rings is 2. The molecule has 17 heteroatoms. The number of fused-ring (bicyclic) bond motifs is 2. The van der Waals surface area contributed by atoms with Gasteiger partial charge in [-0.2, -0.15) is 0 Å². The number of hydrogen-bond donors (Lipinski definition) is 2. The molecule has 2 N–H and O–H groups in total. The van der Waals surface area contributed by atoms with Gasteiger partial charge in [0.1, 0.15) is 48.5 Å². The summed E-state index contributed by atoms with van der Waals surface area (Å²) in [6.45, 7) is 14.1. The lowest BCUT2D eigenvalue weighted by Crippen LogP contribution is -2.37. The van der Waals surface area contributed by atoms with Gasteiger partial charge in [-0.25, -0.2) is 39.6 Å². The molecule has 390 valence electrons. The van der Waals surface area contributed by atoms with Crippen molar-refractivity contribution in [3.63, 3.8) is 0 Å². The van der Waals surface area contributed by atoms with Gasteiger partial charge in [-0.05, 0) is 152 Å². The Morgan fingerprint density at radius 2 is 1.03 bits per heavy atom. The molecule has 2 amide bonds. The summed E-state index contributed by atoms with van der Waals surface area (Å²) in [5.41, 5.74) is 4.21. The highest BCUT2D eigenvalue weighted by Gasteiger charge is 2.50. The van der Waals surface area contributed by atoms with E-state index < -0.39 is 55.5 Å². The molecule has 5 aromatic rings. The summed E-state index contributed by atoms with van der Waals surface area (Å²) >= 11 is 0. The normalized spacial score (nSPS) is 22.8. The molecule has 5 unspecified atom stereocenters. The van der Waals surface area contributed by atoms with Gasteiger partial charge < -0.3 is 43.2 Å². The molecule has 6 atom stereocenters. The van der Waals surface area contributed by atoms with Gasteiger partial charge in [-0.1, -0.05) is 30.3 Å². The first-order chi connectivity index (χ1) is 33.4. The van der Waals surface area contributed by atoms with E-state index in [9.17, 15) is 19.8 Å². The molecule has 2 aromatic heterocycles. The van der Waals surface area contributed by atoms with Crippen molar-refractivity contribution in [3.8, 4) is 0 Å². The van der Waals surface area contributed by atoms with Crippen molar-refractivity contribution in [1.29, 1.82) is 0 Å². The lowest BCUT2D eigenvalue weighted by molar-refractivity contribution is 0.0196. The van der Waals surface area contributed by atoms with E-state index in [1.54, 1.807) is 9.80 Å². The maximum atomic E-state index is 13.6. The first-order valence-corrected chi connectivity index (χ1v) is 31.1. The summed E-state index contributed by atoms with van der Waals surface area (Å²) in [5.74, 6) is 3.38. The molecule has 3 fully saturated rings. The van der Waals surface area contributed by atoms with Crippen molar-refractivity contribution in [2.24, 2.45) is 0 Å². The maximum absolute atomic E-state index is 13.6. The quantitative estimate of drug-likeness (QED) is 0.0963. The number of carbonyl (C=O) groups is 2. The fourth-order valence-corrected chi connectivity index (χ4v) is 11.3. The average Bonchev–Trinajstić information content (AvgIpc) is 4.12. The van der Waals surface area contributed by atoms with Gasteiger partial charge in [0, 0.05) is 30.3 Å². The van der Waals surface area contributed by atoms with E-state index in [2.05, 4.69) is 51.6 Å². The molecule has 71 heavy (non-hydrogen) atoms. The molecule has 3 aliphatic heterocycles.